The van der Waals surface area contributed by atoms with Gasteiger partial charge in [0.25, 0.3) is 5.91 Å². The smallest absolute Gasteiger partial charge is 0.255 e. The third kappa shape index (κ3) is 3.19. The highest BCUT2D eigenvalue weighted by molar-refractivity contribution is 9.10. The van der Waals surface area contributed by atoms with Gasteiger partial charge >= 0.3 is 0 Å². The van der Waals surface area contributed by atoms with E-state index in [1.807, 2.05) is 19.1 Å². The maximum absolute atomic E-state index is 12.1. The van der Waals surface area contributed by atoms with Gasteiger partial charge in [-0.2, -0.15) is 5.26 Å². The summed E-state index contributed by atoms with van der Waals surface area (Å²) >= 11 is 9.41. The number of nitrogens with zero attached hydrogens (tertiary/aromatic N) is 1. The van der Waals surface area contributed by atoms with Gasteiger partial charge in [0.15, 0.2) is 0 Å². The van der Waals surface area contributed by atoms with Gasteiger partial charge in [-0.1, -0.05) is 27.5 Å². The largest absolute Gasteiger partial charge is 0.321 e. The molecule has 0 atom stereocenters. The van der Waals surface area contributed by atoms with Gasteiger partial charge in [-0.25, -0.2) is 0 Å². The molecule has 0 radical (unpaired) electrons. The Kier molecular flexibility index (Phi) is 4.43. The Morgan fingerprint density at radius 3 is 2.65 bits per heavy atom. The summed E-state index contributed by atoms with van der Waals surface area (Å²) in [6.45, 7) is 1.91. The van der Waals surface area contributed by atoms with E-state index in [1.165, 1.54) is 6.07 Å². The predicted octanol–water partition coefficient (Wildman–Crippen LogP) is 4.53. The molecule has 0 bridgehead atoms. The van der Waals surface area contributed by atoms with E-state index in [0.29, 0.717) is 21.8 Å². The Morgan fingerprint density at radius 2 is 2.05 bits per heavy atom. The summed E-state index contributed by atoms with van der Waals surface area (Å²) in [4.78, 5) is 12.1. The van der Waals surface area contributed by atoms with Gasteiger partial charge in [0.2, 0.25) is 0 Å². The molecule has 0 aliphatic carbocycles. The summed E-state index contributed by atoms with van der Waals surface area (Å²) in [6, 6.07) is 12.1. The zero-order chi connectivity index (χ0) is 14.7. The zero-order valence-corrected chi connectivity index (χ0v) is 12.9. The van der Waals surface area contributed by atoms with Crippen molar-refractivity contribution >= 4 is 39.1 Å². The summed E-state index contributed by atoms with van der Waals surface area (Å²) in [7, 11) is 0. The highest BCUT2D eigenvalue weighted by Crippen LogP contribution is 2.24. The minimum atomic E-state index is -0.243. The Bertz CT molecular complexity index is 722. The van der Waals surface area contributed by atoms with E-state index in [9.17, 15) is 4.79 Å². The number of anilines is 1. The number of carbonyl (C=O) groups excluding carboxylic acids is 1. The van der Waals surface area contributed by atoms with Crippen LogP contribution in [-0.2, 0) is 0 Å². The summed E-state index contributed by atoms with van der Waals surface area (Å²) in [5.74, 6) is -0.243. The molecule has 100 valence electrons. The summed E-state index contributed by atoms with van der Waals surface area (Å²) in [5, 5.41) is 11.8. The number of carbonyl (C=O) groups is 1. The van der Waals surface area contributed by atoms with Gasteiger partial charge in [-0.3, -0.25) is 4.79 Å². The molecule has 0 saturated carbocycles. The van der Waals surface area contributed by atoms with Crippen LogP contribution in [0.15, 0.2) is 40.9 Å². The lowest BCUT2D eigenvalue weighted by atomic mass is 10.1. The molecule has 0 fully saturated rings. The fourth-order valence-corrected chi connectivity index (χ4v) is 2.14. The van der Waals surface area contributed by atoms with Crippen molar-refractivity contribution in [1.29, 1.82) is 5.26 Å². The minimum absolute atomic E-state index is 0.243. The molecule has 5 heteroatoms. The van der Waals surface area contributed by atoms with Crippen molar-refractivity contribution in [1.82, 2.24) is 0 Å². The molecule has 2 aromatic rings. The summed E-state index contributed by atoms with van der Waals surface area (Å²) < 4.78 is 0.949. The lowest BCUT2D eigenvalue weighted by Gasteiger charge is -2.08. The van der Waals surface area contributed by atoms with Crippen LogP contribution >= 0.6 is 27.5 Å². The first-order valence-corrected chi connectivity index (χ1v) is 6.95. The summed E-state index contributed by atoms with van der Waals surface area (Å²) in [5.41, 5.74) is 2.46. The lowest BCUT2D eigenvalue weighted by molar-refractivity contribution is 0.102. The molecule has 2 rings (SSSR count). The van der Waals surface area contributed by atoms with Crippen LogP contribution < -0.4 is 5.32 Å². The number of nitrogens with one attached hydrogen (secondary N) is 1. The Morgan fingerprint density at radius 1 is 1.30 bits per heavy atom. The van der Waals surface area contributed by atoms with Crippen molar-refractivity contribution in [2.45, 2.75) is 6.92 Å². The van der Waals surface area contributed by atoms with Crippen LogP contribution in [0.1, 0.15) is 21.5 Å². The first kappa shape index (κ1) is 14.6. The van der Waals surface area contributed by atoms with Crippen LogP contribution in [0.2, 0.25) is 5.02 Å². The molecule has 20 heavy (non-hydrogen) atoms. The molecule has 0 unspecified atom stereocenters. The maximum atomic E-state index is 12.1. The number of benzene rings is 2. The second kappa shape index (κ2) is 6.08. The van der Waals surface area contributed by atoms with Gasteiger partial charge in [-0.15, -0.1) is 0 Å². The Hall–Kier alpha value is -1.83. The van der Waals surface area contributed by atoms with Crippen LogP contribution in [0.3, 0.4) is 0 Å². The van der Waals surface area contributed by atoms with Crippen LogP contribution in [-0.4, -0.2) is 5.91 Å². The van der Waals surface area contributed by atoms with Gasteiger partial charge < -0.3 is 5.32 Å². The van der Waals surface area contributed by atoms with Crippen molar-refractivity contribution in [2.75, 3.05) is 5.32 Å². The molecule has 0 aromatic heterocycles. The van der Waals surface area contributed by atoms with E-state index < -0.39 is 0 Å². The zero-order valence-electron chi connectivity index (χ0n) is 10.6. The molecule has 0 spiro atoms. The number of nitriles is 1. The van der Waals surface area contributed by atoms with E-state index in [2.05, 4.69) is 21.2 Å². The molecule has 0 aliphatic heterocycles. The molecular weight excluding hydrogens is 340 g/mol. The van der Waals surface area contributed by atoms with Crippen LogP contribution in [0.25, 0.3) is 0 Å². The number of hydrogen-bond donors (Lipinski definition) is 1. The number of rotatable bonds is 2. The van der Waals surface area contributed by atoms with E-state index in [-0.39, 0.29) is 5.91 Å². The van der Waals surface area contributed by atoms with Crippen LogP contribution in [0, 0.1) is 18.3 Å². The Balaban J connectivity index is 2.23. The first-order chi connectivity index (χ1) is 9.51. The third-order valence-corrected chi connectivity index (χ3v) is 3.97. The maximum Gasteiger partial charge on any atom is 0.255 e. The topological polar surface area (TPSA) is 52.9 Å². The number of hydrogen-bond acceptors (Lipinski definition) is 2. The second-order valence-corrected chi connectivity index (χ2v) is 5.49. The molecule has 0 aliphatic rings. The van der Waals surface area contributed by atoms with Gasteiger partial charge in [0.05, 0.1) is 22.3 Å². The molecule has 1 N–H and O–H groups in total. The van der Waals surface area contributed by atoms with Crippen molar-refractivity contribution in [2.24, 2.45) is 0 Å². The fourth-order valence-electron chi connectivity index (χ4n) is 1.67. The average Bonchev–Trinajstić information content (AvgIpc) is 2.43. The van der Waals surface area contributed by atoms with Gasteiger partial charge in [0, 0.05) is 10.0 Å². The average molecular weight is 350 g/mol. The van der Waals surface area contributed by atoms with E-state index >= 15 is 0 Å². The molecule has 3 nitrogen and oxygen atoms in total. The number of aryl methyl sites for hydroxylation is 1. The normalized spacial score (nSPS) is 9.90. The monoisotopic (exact) mass is 348 g/mol. The molecule has 1 amide bonds. The number of halogens is 2. The van der Waals surface area contributed by atoms with Crippen molar-refractivity contribution in [3.05, 3.63) is 62.6 Å². The van der Waals surface area contributed by atoms with Crippen molar-refractivity contribution < 1.29 is 4.79 Å². The molecule has 0 heterocycles. The second-order valence-electron chi connectivity index (χ2n) is 4.22. The van der Waals surface area contributed by atoms with Crippen LogP contribution in [0.5, 0.6) is 0 Å². The molecular formula is C15H10BrClN2O. The predicted molar refractivity (Wildman–Crippen MR) is 83.0 cm³/mol. The number of amides is 1. The third-order valence-electron chi connectivity index (χ3n) is 2.77. The summed E-state index contributed by atoms with van der Waals surface area (Å²) in [6.07, 6.45) is 0. The highest BCUT2D eigenvalue weighted by atomic mass is 79.9. The van der Waals surface area contributed by atoms with E-state index in [1.54, 1.807) is 24.3 Å². The van der Waals surface area contributed by atoms with Gasteiger partial charge in [0.1, 0.15) is 0 Å². The first-order valence-electron chi connectivity index (χ1n) is 5.78. The quantitative estimate of drug-likeness (QED) is 0.865. The van der Waals surface area contributed by atoms with Crippen LogP contribution in [0.4, 0.5) is 5.69 Å². The van der Waals surface area contributed by atoms with E-state index in [0.717, 1.165) is 10.0 Å². The Labute approximate surface area is 130 Å². The lowest BCUT2D eigenvalue weighted by Crippen LogP contribution is -2.12. The molecule has 0 saturated heterocycles. The standard InChI is InChI=1S/C15H10BrClN2O/c1-9-6-11(3-4-12(9)16)15(20)19-14-5-2-10(8-18)7-13(14)17/h2-7H,1H3,(H,19,20). The fraction of sp³-hybridized carbons (Fsp3) is 0.0667. The molecule has 2 aromatic carbocycles. The van der Waals surface area contributed by atoms with Crippen molar-refractivity contribution in [3.8, 4) is 6.07 Å². The van der Waals surface area contributed by atoms with Gasteiger partial charge in [-0.05, 0) is 48.9 Å². The SMILES string of the molecule is Cc1cc(C(=O)Nc2ccc(C#N)cc2Cl)ccc1Br. The van der Waals surface area contributed by atoms with Crippen molar-refractivity contribution in [3.63, 3.8) is 0 Å². The highest BCUT2D eigenvalue weighted by Gasteiger charge is 2.10. The minimum Gasteiger partial charge on any atom is -0.321 e. The van der Waals surface area contributed by atoms with E-state index in [4.69, 9.17) is 16.9 Å².